The van der Waals surface area contributed by atoms with Crippen molar-refractivity contribution in [3.8, 4) is 5.75 Å². The van der Waals surface area contributed by atoms with Gasteiger partial charge in [0.05, 0.1) is 19.2 Å². The summed E-state index contributed by atoms with van der Waals surface area (Å²) in [4.78, 5) is 24.1. The van der Waals surface area contributed by atoms with Gasteiger partial charge in [-0.1, -0.05) is 28.1 Å². The molecule has 2 amide bonds. The Morgan fingerprint density at radius 1 is 1.17 bits per heavy atom. The number of ether oxygens (including phenoxy) is 1. The number of hydrogen-bond acceptors (Lipinski definition) is 3. The van der Waals surface area contributed by atoms with Crippen LogP contribution >= 0.6 is 15.9 Å². The van der Waals surface area contributed by atoms with E-state index in [1.165, 1.54) is 7.11 Å². The number of anilines is 1. The van der Waals surface area contributed by atoms with Crippen LogP contribution in [0.5, 0.6) is 5.75 Å². The molecule has 120 valence electrons. The van der Waals surface area contributed by atoms with Gasteiger partial charge in [0, 0.05) is 10.2 Å². The maximum absolute atomic E-state index is 12.1. The number of hydrogen-bond donors (Lipinski definition) is 2. The van der Waals surface area contributed by atoms with Gasteiger partial charge in [0.1, 0.15) is 5.75 Å². The Hall–Kier alpha value is -2.34. The summed E-state index contributed by atoms with van der Waals surface area (Å²) in [6.07, 6.45) is 0. The van der Waals surface area contributed by atoms with Crippen molar-refractivity contribution in [2.24, 2.45) is 0 Å². The number of halogens is 1. The van der Waals surface area contributed by atoms with E-state index in [2.05, 4.69) is 26.6 Å². The highest BCUT2D eigenvalue weighted by atomic mass is 79.9. The Morgan fingerprint density at radius 2 is 1.91 bits per heavy atom. The van der Waals surface area contributed by atoms with Crippen LogP contribution in [0.25, 0.3) is 0 Å². The highest BCUT2D eigenvalue weighted by Gasteiger charge is 2.13. The average molecular weight is 377 g/mol. The SMILES string of the molecule is COc1ccccc1C(=O)NCC(=O)Nc1ccc(Br)cc1C. The van der Waals surface area contributed by atoms with Crippen molar-refractivity contribution < 1.29 is 14.3 Å². The molecule has 23 heavy (non-hydrogen) atoms. The zero-order chi connectivity index (χ0) is 16.8. The molecule has 0 bridgehead atoms. The number of amides is 2. The van der Waals surface area contributed by atoms with Crippen LogP contribution in [0.15, 0.2) is 46.9 Å². The molecule has 2 aromatic rings. The quantitative estimate of drug-likeness (QED) is 0.842. The second-order valence-corrected chi connectivity index (χ2v) is 5.81. The third kappa shape index (κ3) is 4.56. The van der Waals surface area contributed by atoms with Crippen LogP contribution in [-0.2, 0) is 4.79 Å². The number of rotatable bonds is 5. The average Bonchev–Trinajstić information content (AvgIpc) is 2.55. The molecule has 6 heteroatoms. The molecular weight excluding hydrogens is 360 g/mol. The van der Waals surface area contributed by atoms with Crippen LogP contribution in [0.1, 0.15) is 15.9 Å². The first-order valence-electron chi connectivity index (χ1n) is 6.98. The molecule has 2 N–H and O–H groups in total. The number of nitrogens with one attached hydrogen (secondary N) is 2. The number of para-hydroxylation sites is 1. The van der Waals surface area contributed by atoms with Crippen LogP contribution in [0, 0.1) is 6.92 Å². The molecular formula is C17H17BrN2O3. The fourth-order valence-corrected chi connectivity index (χ4v) is 2.53. The van der Waals surface area contributed by atoms with Gasteiger partial charge in [-0.05, 0) is 42.8 Å². The lowest BCUT2D eigenvalue weighted by molar-refractivity contribution is -0.115. The van der Waals surface area contributed by atoms with Crippen molar-refractivity contribution in [2.45, 2.75) is 6.92 Å². The standard InChI is InChI=1S/C17H17BrN2O3/c1-11-9-12(18)7-8-14(11)20-16(21)10-19-17(22)13-5-3-4-6-15(13)23-2/h3-9H,10H2,1-2H3,(H,19,22)(H,20,21). The Labute approximate surface area is 143 Å². The maximum Gasteiger partial charge on any atom is 0.255 e. The molecule has 2 aromatic carbocycles. The molecule has 0 radical (unpaired) electrons. The largest absolute Gasteiger partial charge is 0.496 e. The van der Waals surface area contributed by atoms with Crippen molar-refractivity contribution in [2.75, 3.05) is 19.0 Å². The zero-order valence-corrected chi connectivity index (χ0v) is 14.4. The Kier molecular flexibility index (Phi) is 5.76. The minimum Gasteiger partial charge on any atom is -0.496 e. The maximum atomic E-state index is 12.1. The number of benzene rings is 2. The predicted octanol–water partition coefficient (Wildman–Crippen LogP) is 3.13. The fourth-order valence-electron chi connectivity index (χ4n) is 2.05. The summed E-state index contributed by atoms with van der Waals surface area (Å²) < 4.78 is 6.07. The summed E-state index contributed by atoms with van der Waals surface area (Å²) in [5, 5.41) is 5.35. The van der Waals surface area contributed by atoms with Crippen molar-refractivity contribution in [3.05, 3.63) is 58.1 Å². The lowest BCUT2D eigenvalue weighted by Crippen LogP contribution is -2.33. The van der Waals surface area contributed by atoms with Gasteiger partial charge in [-0.25, -0.2) is 0 Å². The second kappa shape index (κ2) is 7.78. The predicted molar refractivity (Wildman–Crippen MR) is 92.8 cm³/mol. The third-order valence-corrected chi connectivity index (χ3v) is 3.72. The zero-order valence-electron chi connectivity index (χ0n) is 12.9. The third-order valence-electron chi connectivity index (χ3n) is 3.22. The lowest BCUT2D eigenvalue weighted by atomic mass is 10.2. The van der Waals surface area contributed by atoms with Gasteiger partial charge in [0.25, 0.3) is 5.91 Å². The van der Waals surface area contributed by atoms with E-state index in [0.717, 1.165) is 10.0 Å². The molecule has 0 unspecified atom stereocenters. The fraction of sp³-hybridized carbons (Fsp3) is 0.176. The summed E-state index contributed by atoms with van der Waals surface area (Å²) in [6, 6.07) is 12.4. The number of aryl methyl sites for hydroxylation is 1. The monoisotopic (exact) mass is 376 g/mol. The smallest absolute Gasteiger partial charge is 0.255 e. The Morgan fingerprint density at radius 3 is 2.61 bits per heavy atom. The molecule has 0 aliphatic heterocycles. The van der Waals surface area contributed by atoms with E-state index >= 15 is 0 Å². The summed E-state index contributed by atoms with van der Waals surface area (Å²) in [5.41, 5.74) is 2.04. The van der Waals surface area contributed by atoms with E-state index < -0.39 is 0 Å². The first kappa shape index (κ1) is 17.0. The molecule has 0 aliphatic rings. The summed E-state index contributed by atoms with van der Waals surface area (Å²) in [7, 11) is 1.50. The first-order chi connectivity index (χ1) is 11.0. The van der Waals surface area contributed by atoms with Crippen molar-refractivity contribution in [3.63, 3.8) is 0 Å². The normalized spacial score (nSPS) is 10.0. The minimum atomic E-state index is -0.356. The van der Waals surface area contributed by atoms with Crippen LogP contribution in [-0.4, -0.2) is 25.5 Å². The van der Waals surface area contributed by atoms with Gasteiger partial charge in [0.2, 0.25) is 5.91 Å². The topological polar surface area (TPSA) is 67.4 Å². The van der Waals surface area contributed by atoms with Crippen molar-refractivity contribution >= 4 is 33.4 Å². The second-order valence-electron chi connectivity index (χ2n) is 4.89. The molecule has 5 nitrogen and oxygen atoms in total. The summed E-state index contributed by atoms with van der Waals surface area (Å²) >= 11 is 3.37. The highest BCUT2D eigenvalue weighted by molar-refractivity contribution is 9.10. The van der Waals surface area contributed by atoms with Crippen molar-refractivity contribution in [1.82, 2.24) is 5.32 Å². The lowest BCUT2D eigenvalue weighted by Gasteiger charge is -2.11. The van der Waals surface area contributed by atoms with E-state index in [-0.39, 0.29) is 18.4 Å². The summed E-state index contributed by atoms with van der Waals surface area (Å²) in [5.74, 6) is -0.182. The molecule has 0 aliphatic carbocycles. The van der Waals surface area contributed by atoms with E-state index in [9.17, 15) is 9.59 Å². The van der Waals surface area contributed by atoms with Gasteiger partial charge in [-0.15, -0.1) is 0 Å². The Balaban J connectivity index is 1.95. The van der Waals surface area contributed by atoms with Gasteiger partial charge >= 0.3 is 0 Å². The van der Waals surface area contributed by atoms with Crippen LogP contribution in [0.2, 0.25) is 0 Å². The van der Waals surface area contributed by atoms with Gasteiger partial charge in [-0.2, -0.15) is 0 Å². The summed E-state index contributed by atoms with van der Waals surface area (Å²) in [6.45, 7) is 1.78. The van der Waals surface area contributed by atoms with E-state index in [1.54, 1.807) is 30.3 Å². The highest BCUT2D eigenvalue weighted by Crippen LogP contribution is 2.20. The molecule has 0 spiro atoms. The van der Waals surface area contributed by atoms with E-state index in [1.807, 2.05) is 19.1 Å². The van der Waals surface area contributed by atoms with Gasteiger partial charge < -0.3 is 15.4 Å². The van der Waals surface area contributed by atoms with Crippen molar-refractivity contribution in [1.29, 1.82) is 0 Å². The molecule has 0 heterocycles. The number of methoxy groups -OCH3 is 1. The Bertz CT molecular complexity index is 732. The molecule has 0 saturated carbocycles. The van der Waals surface area contributed by atoms with Gasteiger partial charge in [-0.3, -0.25) is 9.59 Å². The van der Waals surface area contributed by atoms with E-state index in [4.69, 9.17) is 4.74 Å². The van der Waals surface area contributed by atoms with Crippen LogP contribution in [0.3, 0.4) is 0 Å². The first-order valence-corrected chi connectivity index (χ1v) is 7.78. The molecule has 0 aromatic heterocycles. The van der Waals surface area contributed by atoms with Crippen LogP contribution < -0.4 is 15.4 Å². The van der Waals surface area contributed by atoms with Gasteiger partial charge in [0.15, 0.2) is 0 Å². The number of carbonyl (C=O) groups excluding carboxylic acids is 2. The molecule has 0 atom stereocenters. The van der Waals surface area contributed by atoms with E-state index in [0.29, 0.717) is 17.0 Å². The molecule has 2 rings (SSSR count). The number of carbonyl (C=O) groups is 2. The molecule has 0 saturated heterocycles. The molecule has 0 fully saturated rings. The van der Waals surface area contributed by atoms with Crippen LogP contribution in [0.4, 0.5) is 5.69 Å². The minimum absolute atomic E-state index is 0.119.